The Morgan fingerprint density at radius 2 is 2.14 bits per heavy atom. The van der Waals surface area contributed by atoms with Gasteiger partial charge in [-0.3, -0.25) is 4.79 Å². The zero-order chi connectivity index (χ0) is 9.97. The van der Waals surface area contributed by atoms with Crippen LogP contribution in [0.1, 0.15) is 6.92 Å². The first-order valence-corrected chi connectivity index (χ1v) is 5.28. The fourth-order valence-corrected chi connectivity index (χ4v) is 2.16. The summed E-state index contributed by atoms with van der Waals surface area (Å²) in [4.78, 5) is 11.3. The van der Waals surface area contributed by atoms with Gasteiger partial charge in [0, 0.05) is 16.2 Å². The Kier molecular flexibility index (Phi) is 2.50. The molecule has 72 valence electrons. The number of rotatable bonds is 2. The largest absolute Gasteiger partial charge is 0.493 e. The molecular weight excluding hydrogens is 196 g/mol. The maximum absolute atomic E-state index is 11.3. The molecule has 2 nitrogen and oxygen atoms in total. The third kappa shape index (κ3) is 1.63. The predicted octanol–water partition coefficient (Wildman–Crippen LogP) is 2.66. The van der Waals surface area contributed by atoms with Crippen molar-refractivity contribution in [3.8, 4) is 5.75 Å². The zero-order valence-electron chi connectivity index (χ0n) is 7.82. The van der Waals surface area contributed by atoms with E-state index in [0.717, 1.165) is 10.1 Å². The summed E-state index contributed by atoms with van der Waals surface area (Å²) >= 11 is 1.25. The van der Waals surface area contributed by atoms with Crippen molar-refractivity contribution in [2.24, 2.45) is 0 Å². The molecule has 1 aromatic carbocycles. The van der Waals surface area contributed by atoms with Crippen LogP contribution in [-0.2, 0) is 0 Å². The van der Waals surface area contributed by atoms with E-state index in [9.17, 15) is 4.79 Å². The van der Waals surface area contributed by atoms with Crippen LogP contribution in [0.25, 0.3) is 10.1 Å². The lowest BCUT2D eigenvalue weighted by Gasteiger charge is -2.05. The molecule has 0 atom stereocenters. The Morgan fingerprint density at radius 3 is 2.93 bits per heavy atom. The number of hydrogen-bond donors (Lipinski definition) is 0. The fourth-order valence-electron chi connectivity index (χ4n) is 1.36. The van der Waals surface area contributed by atoms with Gasteiger partial charge in [0.15, 0.2) is 0 Å². The predicted molar refractivity (Wildman–Crippen MR) is 59.3 cm³/mol. The molecule has 3 heteroatoms. The molecule has 0 unspecified atom stereocenters. The van der Waals surface area contributed by atoms with Crippen LogP contribution in [0.5, 0.6) is 5.75 Å². The average Bonchev–Trinajstić information content (AvgIpc) is 2.18. The standard InChI is InChI=1S/C11H10O2S/c1-2-13-9-7-11(12)14-10-6-4-3-5-8(9)10/h3-7H,2H2,1H3. The highest BCUT2D eigenvalue weighted by molar-refractivity contribution is 7.16. The lowest BCUT2D eigenvalue weighted by molar-refractivity contribution is 0.344. The first-order valence-electron chi connectivity index (χ1n) is 4.47. The van der Waals surface area contributed by atoms with Gasteiger partial charge in [-0.05, 0) is 19.1 Å². The number of fused-ring (bicyclic) bond motifs is 1. The van der Waals surface area contributed by atoms with E-state index in [1.807, 2.05) is 31.2 Å². The van der Waals surface area contributed by atoms with E-state index in [1.165, 1.54) is 11.3 Å². The van der Waals surface area contributed by atoms with Crippen LogP contribution < -0.4 is 9.48 Å². The second-order valence-corrected chi connectivity index (χ2v) is 3.91. The van der Waals surface area contributed by atoms with E-state index in [0.29, 0.717) is 12.4 Å². The van der Waals surface area contributed by atoms with Crippen molar-refractivity contribution in [2.75, 3.05) is 6.61 Å². The quantitative estimate of drug-likeness (QED) is 0.755. The molecule has 0 aliphatic rings. The van der Waals surface area contributed by atoms with Gasteiger partial charge in [0.2, 0.25) is 4.74 Å². The summed E-state index contributed by atoms with van der Waals surface area (Å²) in [6.45, 7) is 2.49. The van der Waals surface area contributed by atoms with Crippen molar-refractivity contribution in [3.05, 3.63) is 39.9 Å². The van der Waals surface area contributed by atoms with E-state index in [1.54, 1.807) is 6.07 Å². The van der Waals surface area contributed by atoms with E-state index < -0.39 is 0 Å². The second kappa shape index (κ2) is 3.80. The van der Waals surface area contributed by atoms with Gasteiger partial charge in [0.05, 0.1) is 6.61 Å². The SMILES string of the molecule is CCOc1cc(=O)sc2ccccc12. The normalized spacial score (nSPS) is 10.4. The second-order valence-electron chi connectivity index (χ2n) is 2.86. The van der Waals surface area contributed by atoms with E-state index in [2.05, 4.69) is 0 Å². The minimum Gasteiger partial charge on any atom is -0.493 e. The van der Waals surface area contributed by atoms with Gasteiger partial charge in [0.1, 0.15) is 5.75 Å². The average molecular weight is 206 g/mol. The molecule has 1 heterocycles. The summed E-state index contributed by atoms with van der Waals surface area (Å²) in [5, 5.41) is 1.01. The molecular formula is C11H10O2S. The van der Waals surface area contributed by atoms with Gasteiger partial charge >= 0.3 is 0 Å². The maximum Gasteiger partial charge on any atom is 0.236 e. The molecule has 1 aromatic heterocycles. The zero-order valence-corrected chi connectivity index (χ0v) is 8.64. The Morgan fingerprint density at radius 1 is 1.36 bits per heavy atom. The first kappa shape index (κ1) is 9.21. The number of ether oxygens (including phenoxy) is 1. The summed E-state index contributed by atoms with van der Waals surface area (Å²) < 4.78 is 6.42. The topological polar surface area (TPSA) is 26.3 Å². The smallest absolute Gasteiger partial charge is 0.236 e. The molecule has 0 aliphatic carbocycles. The Hall–Kier alpha value is -1.35. The summed E-state index contributed by atoms with van der Waals surface area (Å²) in [6, 6.07) is 9.33. The first-order chi connectivity index (χ1) is 6.81. The van der Waals surface area contributed by atoms with Crippen molar-refractivity contribution >= 4 is 21.4 Å². The summed E-state index contributed by atoms with van der Waals surface area (Å²) in [5.74, 6) is 0.687. The van der Waals surface area contributed by atoms with Gasteiger partial charge < -0.3 is 4.74 Å². The highest BCUT2D eigenvalue weighted by Crippen LogP contribution is 2.25. The van der Waals surface area contributed by atoms with Gasteiger partial charge in [-0.25, -0.2) is 0 Å². The van der Waals surface area contributed by atoms with Gasteiger partial charge in [-0.2, -0.15) is 0 Å². The Bertz CT molecular complexity index is 502. The molecule has 0 saturated heterocycles. The van der Waals surface area contributed by atoms with Crippen LogP contribution in [0.15, 0.2) is 35.1 Å². The van der Waals surface area contributed by atoms with Gasteiger partial charge in [-0.1, -0.05) is 23.5 Å². The molecule has 0 saturated carbocycles. The fraction of sp³-hybridized carbons (Fsp3) is 0.182. The summed E-state index contributed by atoms with van der Waals surface area (Å²) in [5.41, 5.74) is 0. The highest BCUT2D eigenvalue weighted by atomic mass is 32.1. The molecule has 0 radical (unpaired) electrons. The summed E-state index contributed by atoms with van der Waals surface area (Å²) in [6.07, 6.45) is 0. The Labute approximate surface area is 85.8 Å². The van der Waals surface area contributed by atoms with E-state index >= 15 is 0 Å². The molecule has 0 bridgehead atoms. The van der Waals surface area contributed by atoms with Crippen molar-refractivity contribution < 1.29 is 4.74 Å². The van der Waals surface area contributed by atoms with Crippen molar-refractivity contribution in [1.82, 2.24) is 0 Å². The Balaban J connectivity index is 2.73. The highest BCUT2D eigenvalue weighted by Gasteiger charge is 2.02. The number of hydrogen-bond acceptors (Lipinski definition) is 3. The van der Waals surface area contributed by atoms with Crippen LogP contribution in [0.2, 0.25) is 0 Å². The van der Waals surface area contributed by atoms with Crippen molar-refractivity contribution in [2.45, 2.75) is 6.92 Å². The molecule has 14 heavy (non-hydrogen) atoms. The van der Waals surface area contributed by atoms with Gasteiger partial charge in [-0.15, -0.1) is 0 Å². The molecule has 0 N–H and O–H groups in total. The van der Waals surface area contributed by atoms with Gasteiger partial charge in [0.25, 0.3) is 0 Å². The molecule has 0 amide bonds. The maximum atomic E-state index is 11.3. The lowest BCUT2D eigenvalue weighted by Crippen LogP contribution is -1.98. The van der Waals surface area contributed by atoms with Crippen LogP contribution in [0.3, 0.4) is 0 Å². The molecule has 2 aromatic rings. The lowest BCUT2D eigenvalue weighted by atomic mass is 10.2. The van der Waals surface area contributed by atoms with Crippen LogP contribution in [0.4, 0.5) is 0 Å². The minimum absolute atomic E-state index is 0.0344. The summed E-state index contributed by atoms with van der Waals surface area (Å²) in [7, 11) is 0. The van der Waals surface area contributed by atoms with Crippen molar-refractivity contribution in [3.63, 3.8) is 0 Å². The number of benzene rings is 1. The molecule has 2 rings (SSSR count). The van der Waals surface area contributed by atoms with Crippen LogP contribution in [-0.4, -0.2) is 6.61 Å². The third-order valence-corrected chi connectivity index (χ3v) is 2.81. The van der Waals surface area contributed by atoms with Crippen LogP contribution >= 0.6 is 11.3 Å². The van der Waals surface area contributed by atoms with E-state index in [4.69, 9.17) is 4.74 Å². The van der Waals surface area contributed by atoms with Crippen LogP contribution in [0, 0.1) is 0 Å². The minimum atomic E-state index is 0.0344. The molecule has 0 aliphatic heterocycles. The van der Waals surface area contributed by atoms with E-state index in [-0.39, 0.29) is 4.74 Å². The third-order valence-electron chi connectivity index (χ3n) is 1.91. The molecule has 0 fully saturated rings. The van der Waals surface area contributed by atoms with Crippen molar-refractivity contribution in [1.29, 1.82) is 0 Å². The molecule has 0 spiro atoms. The monoisotopic (exact) mass is 206 g/mol.